The van der Waals surface area contributed by atoms with Crippen LogP contribution in [0.2, 0.25) is 25.2 Å². The van der Waals surface area contributed by atoms with Gasteiger partial charge in [-0.25, -0.2) is 4.98 Å². The Balaban J connectivity index is 2.32. The lowest BCUT2D eigenvalue weighted by Gasteiger charge is -2.09. The van der Waals surface area contributed by atoms with Crippen LogP contribution < -0.4 is 5.32 Å². The van der Waals surface area contributed by atoms with Crippen molar-refractivity contribution in [3.05, 3.63) is 55.2 Å². The van der Waals surface area contributed by atoms with Crippen LogP contribution in [0, 0.1) is 0 Å². The predicted molar refractivity (Wildman–Crippen MR) is 83.7 cm³/mol. The first-order valence-electron chi connectivity index (χ1n) is 5.15. The fourth-order valence-corrected chi connectivity index (χ4v) is 2.34. The molecular weight excluding hydrogens is 365 g/mol. The molecule has 0 fully saturated rings. The molecule has 0 saturated heterocycles. The number of carbonyl (C=O) groups excluding carboxylic acids is 1. The van der Waals surface area contributed by atoms with Crippen molar-refractivity contribution in [2.24, 2.45) is 0 Å². The van der Waals surface area contributed by atoms with Crippen LogP contribution in [-0.4, -0.2) is 10.9 Å². The SMILES string of the molecule is O=C(Nc1cc(Cl)c(Cl)cc1Cl)c1cc(Cl)ncc1Cl. The van der Waals surface area contributed by atoms with Crippen molar-refractivity contribution in [1.82, 2.24) is 4.98 Å². The zero-order chi connectivity index (χ0) is 14.9. The molecule has 1 aromatic carbocycles. The highest BCUT2D eigenvalue weighted by molar-refractivity contribution is 6.44. The van der Waals surface area contributed by atoms with E-state index < -0.39 is 5.91 Å². The normalized spacial score (nSPS) is 10.4. The molecule has 0 aliphatic heterocycles. The van der Waals surface area contributed by atoms with E-state index in [4.69, 9.17) is 58.0 Å². The number of amides is 1. The number of aromatic nitrogens is 1. The second-order valence-electron chi connectivity index (χ2n) is 3.69. The minimum Gasteiger partial charge on any atom is -0.321 e. The molecule has 1 amide bonds. The summed E-state index contributed by atoms with van der Waals surface area (Å²) in [6.45, 7) is 0. The van der Waals surface area contributed by atoms with Gasteiger partial charge in [0.15, 0.2) is 0 Å². The molecule has 2 aromatic rings. The van der Waals surface area contributed by atoms with Crippen LogP contribution >= 0.6 is 58.0 Å². The molecule has 0 radical (unpaired) electrons. The Kier molecular flexibility index (Phi) is 4.99. The highest BCUT2D eigenvalue weighted by Crippen LogP contribution is 2.32. The zero-order valence-electron chi connectivity index (χ0n) is 9.55. The van der Waals surface area contributed by atoms with Crippen molar-refractivity contribution in [3.8, 4) is 0 Å². The number of pyridine rings is 1. The van der Waals surface area contributed by atoms with E-state index in [1.54, 1.807) is 0 Å². The van der Waals surface area contributed by atoms with Gasteiger partial charge in [0.2, 0.25) is 0 Å². The van der Waals surface area contributed by atoms with E-state index in [2.05, 4.69) is 10.3 Å². The summed E-state index contributed by atoms with van der Waals surface area (Å²) in [5.74, 6) is -0.486. The number of nitrogens with one attached hydrogen (secondary N) is 1. The number of anilines is 1. The van der Waals surface area contributed by atoms with E-state index in [0.29, 0.717) is 10.7 Å². The van der Waals surface area contributed by atoms with E-state index >= 15 is 0 Å². The standard InChI is InChI=1S/C12H5Cl5N2O/c13-6-2-8(15)10(3-7(6)14)19-12(20)5-1-11(17)18-4-9(5)16/h1-4H,(H,19,20). The van der Waals surface area contributed by atoms with Gasteiger partial charge in [-0.2, -0.15) is 0 Å². The molecule has 104 valence electrons. The van der Waals surface area contributed by atoms with Crippen LogP contribution in [0.3, 0.4) is 0 Å². The minimum absolute atomic E-state index is 0.153. The van der Waals surface area contributed by atoms with Gasteiger partial charge in [-0.3, -0.25) is 4.79 Å². The van der Waals surface area contributed by atoms with Gasteiger partial charge in [0.05, 0.1) is 31.3 Å². The van der Waals surface area contributed by atoms with Crippen molar-refractivity contribution in [2.75, 3.05) is 5.32 Å². The number of benzene rings is 1. The fraction of sp³-hybridized carbons (Fsp3) is 0. The van der Waals surface area contributed by atoms with Crippen molar-refractivity contribution < 1.29 is 4.79 Å². The predicted octanol–water partition coefficient (Wildman–Crippen LogP) is 5.60. The number of carbonyl (C=O) groups is 1. The number of nitrogens with zero attached hydrogens (tertiary/aromatic N) is 1. The van der Waals surface area contributed by atoms with E-state index in [9.17, 15) is 4.79 Å². The summed E-state index contributed by atoms with van der Waals surface area (Å²) in [6, 6.07) is 4.23. The Morgan fingerprint density at radius 3 is 2.25 bits per heavy atom. The number of rotatable bonds is 2. The molecule has 0 atom stereocenters. The lowest BCUT2D eigenvalue weighted by atomic mass is 10.2. The number of hydrogen-bond acceptors (Lipinski definition) is 2. The van der Waals surface area contributed by atoms with Crippen molar-refractivity contribution in [1.29, 1.82) is 0 Å². The van der Waals surface area contributed by atoms with Crippen molar-refractivity contribution in [3.63, 3.8) is 0 Å². The molecule has 0 bridgehead atoms. The Bertz CT molecular complexity index is 690. The van der Waals surface area contributed by atoms with E-state index in [0.717, 1.165) is 0 Å². The topological polar surface area (TPSA) is 42.0 Å². The smallest absolute Gasteiger partial charge is 0.257 e. The van der Waals surface area contributed by atoms with Crippen LogP contribution in [-0.2, 0) is 0 Å². The average Bonchev–Trinajstić information content (AvgIpc) is 2.38. The first-order chi connectivity index (χ1) is 9.38. The highest BCUT2D eigenvalue weighted by Gasteiger charge is 2.14. The quantitative estimate of drug-likeness (QED) is 0.552. The molecule has 1 heterocycles. The fourth-order valence-electron chi connectivity index (χ4n) is 1.40. The lowest BCUT2D eigenvalue weighted by Crippen LogP contribution is -2.13. The van der Waals surface area contributed by atoms with Gasteiger partial charge in [-0.1, -0.05) is 58.0 Å². The highest BCUT2D eigenvalue weighted by atomic mass is 35.5. The molecule has 0 aliphatic carbocycles. The van der Waals surface area contributed by atoms with Crippen LogP contribution in [0.15, 0.2) is 24.4 Å². The Morgan fingerprint density at radius 2 is 1.55 bits per heavy atom. The average molecular weight is 370 g/mol. The molecule has 2 rings (SSSR count). The van der Waals surface area contributed by atoms with E-state index in [-0.39, 0.29) is 25.8 Å². The van der Waals surface area contributed by atoms with Gasteiger partial charge >= 0.3 is 0 Å². The molecule has 1 aromatic heterocycles. The maximum atomic E-state index is 12.1. The molecule has 0 spiro atoms. The third kappa shape index (κ3) is 3.48. The molecule has 3 nitrogen and oxygen atoms in total. The first kappa shape index (κ1) is 15.7. The summed E-state index contributed by atoms with van der Waals surface area (Å²) in [7, 11) is 0. The minimum atomic E-state index is -0.486. The van der Waals surface area contributed by atoms with Gasteiger partial charge in [0.25, 0.3) is 5.91 Å². The Hall–Kier alpha value is -0.710. The molecule has 20 heavy (non-hydrogen) atoms. The van der Waals surface area contributed by atoms with Gasteiger partial charge in [0, 0.05) is 6.20 Å². The van der Waals surface area contributed by atoms with Crippen LogP contribution in [0.5, 0.6) is 0 Å². The monoisotopic (exact) mass is 368 g/mol. The third-order valence-electron chi connectivity index (χ3n) is 2.32. The summed E-state index contributed by atoms with van der Waals surface area (Å²) in [6.07, 6.45) is 1.29. The summed E-state index contributed by atoms with van der Waals surface area (Å²) in [4.78, 5) is 15.9. The third-order valence-corrected chi connectivity index (χ3v) is 3.87. The van der Waals surface area contributed by atoms with E-state index in [1.807, 2.05) is 0 Å². The van der Waals surface area contributed by atoms with Crippen molar-refractivity contribution >= 4 is 69.6 Å². The molecular formula is C12H5Cl5N2O. The van der Waals surface area contributed by atoms with Crippen molar-refractivity contribution in [2.45, 2.75) is 0 Å². The maximum Gasteiger partial charge on any atom is 0.257 e. The summed E-state index contributed by atoms with van der Waals surface area (Å²) < 4.78 is 0. The zero-order valence-corrected chi connectivity index (χ0v) is 13.3. The van der Waals surface area contributed by atoms with Crippen LogP contribution in [0.25, 0.3) is 0 Å². The maximum absolute atomic E-state index is 12.1. The Labute approximate surface area is 139 Å². The van der Waals surface area contributed by atoms with Gasteiger partial charge < -0.3 is 5.32 Å². The van der Waals surface area contributed by atoms with Gasteiger partial charge in [0.1, 0.15) is 5.15 Å². The van der Waals surface area contributed by atoms with Crippen LogP contribution in [0.1, 0.15) is 10.4 Å². The molecule has 1 N–H and O–H groups in total. The summed E-state index contributed by atoms with van der Waals surface area (Å²) in [5.41, 5.74) is 0.490. The van der Waals surface area contributed by atoms with Gasteiger partial charge in [-0.05, 0) is 18.2 Å². The second kappa shape index (κ2) is 6.37. The number of halogens is 5. The first-order valence-corrected chi connectivity index (χ1v) is 7.04. The summed E-state index contributed by atoms with van der Waals surface area (Å²) >= 11 is 29.3. The Morgan fingerprint density at radius 1 is 0.900 bits per heavy atom. The number of hydrogen-bond donors (Lipinski definition) is 1. The molecule has 0 saturated carbocycles. The lowest BCUT2D eigenvalue weighted by molar-refractivity contribution is 0.102. The largest absolute Gasteiger partial charge is 0.321 e. The second-order valence-corrected chi connectivity index (χ2v) is 5.70. The van der Waals surface area contributed by atoms with E-state index in [1.165, 1.54) is 24.4 Å². The summed E-state index contributed by atoms with van der Waals surface area (Å²) in [5, 5.41) is 3.71. The van der Waals surface area contributed by atoms with Crippen LogP contribution in [0.4, 0.5) is 5.69 Å². The molecule has 0 aliphatic rings. The molecule has 8 heteroatoms. The molecule has 0 unspecified atom stereocenters. The van der Waals surface area contributed by atoms with Gasteiger partial charge in [-0.15, -0.1) is 0 Å².